The van der Waals surface area contributed by atoms with Crippen molar-refractivity contribution in [1.82, 2.24) is 9.88 Å². The van der Waals surface area contributed by atoms with Crippen molar-refractivity contribution in [2.75, 3.05) is 13.7 Å². The molecule has 1 aromatic heterocycles. The molecule has 1 aliphatic carbocycles. The highest BCUT2D eigenvalue weighted by molar-refractivity contribution is 5.82. The van der Waals surface area contributed by atoms with Crippen molar-refractivity contribution in [3.8, 4) is 0 Å². The molecule has 0 bridgehead atoms. The Labute approximate surface area is 154 Å². The Bertz CT molecular complexity index is 891. The average molecular weight is 356 g/mol. The van der Waals surface area contributed by atoms with Gasteiger partial charge in [0, 0.05) is 31.8 Å². The molecule has 4 rings (SSSR count). The fourth-order valence-electron chi connectivity index (χ4n) is 5.03. The highest BCUT2D eigenvalue weighted by atomic mass is 16.5. The minimum absolute atomic E-state index is 0.0178. The lowest BCUT2D eigenvalue weighted by Crippen LogP contribution is -2.51. The number of likely N-dealkylation sites (tertiary alicyclic amines) is 1. The molecule has 2 heterocycles. The second kappa shape index (κ2) is 6.48. The fourth-order valence-corrected chi connectivity index (χ4v) is 5.03. The van der Waals surface area contributed by atoms with E-state index in [2.05, 4.69) is 28.9 Å². The second-order valence-electron chi connectivity index (χ2n) is 8.10. The number of hydrogen-bond donors (Lipinski definition) is 2. The van der Waals surface area contributed by atoms with E-state index in [1.807, 2.05) is 13.0 Å². The van der Waals surface area contributed by atoms with Gasteiger partial charge >= 0.3 is 0 Å². The number of benzene rings is 1. The number of rotatable bonds is 3. The number of nitrogens with one attached hydrogen (secondary N) is 1. The lowest BCUT2D eigenvalue weighted by molar-refractivity contribution is -0.0879. The number of aromatic nitrogens is 1. The molecule has 1 saturated heterocycles. The van der Waals surface area contributed by atoms with Crippen LogP contribution in [0.25, 0.3) is 10.9 Å². The number of fused-ring (bicyclic) bond motifs is 2. The molecular formula is C21H28N2O3. The van der Waals surface area contributed by atoms with Crippen LogP contribution in [0.3, 0.4) is 0 Å². The summed E-state index contributed by atoms with van der Waals surface area (Å²) in [5.74, 6) is 0. The van der Waals surface area contributed by atoms with Gasteiger partial charge in [-0.3, -0.25) is 9.69 Å². The van der Waals surface area contributed by atoms with Crippen LogP contribution in [0.4, 0.5) is 0 Å². The third-order valence-electron chi connectivity index (χ3n) is 6.42. The lowest BCUT2D eigenvalue weighted by Gasteiger charge is -2.42. The summed E-state index contributed by atoms with van der Waals surface area (Å²) in [6.45, 7) is 5.60. The van der Waals surface area contributed by atoms with Crippen molar-refractivity contribution in [3.05, 3.63) is 45.2 Å². The molecule has 3 atom stereocenters. The van der Waals surface area contributed by atoms with Crippen molar-refractivity contribution in [3.63, 3.8) is 0 Å². The van der Waals surface area contributed by atoms with Crippen LogP contribution in [0.15, 0.2) is 23.0 Å². The van der Waals surface area contributed by atoms with Crippen LogP contribution in [0.2, 0.25) is 0 Å². The number of aliphatic hydroxyl groups is 1. The van der Waals surface area contributed by atoms with E-state index in [1.165, 1.54) is 5.56 Å². The van der Waals surface area contributed by atoms with Gasteiger partial charge in [0.15, 0.2) is 0 Å². The van der Waals surface area contributed by atoms with Crippen LogP contribution in [-0.4, -0.2) is 46.4 Å². The molecule has 2 fully saturated rings. The maximum atomic E-state index is 12.7. The van der Waals surface area contributed by atoms with Crippen molar-refractivity contribution in [2.45, 2.75) is 63.8 Å². The first kappa shape index (κ1) is 17.7. The van der Waals surface area contributed by atoms with Crippen LogP contribution in [-0.2, 0) is 11.3 Å². The number of methoxy groups -OCH3 is 1. The van der Waals surface area contributed by atoms with Gasteiger partial charge in [0.2, 0.25) is 0 Å². The van der Waals surface area contributed by atoms with E-state index in [-0.39, 0.29) is 23.3 Å². The SMILES string of the molecule is CO[C@@]12CC[C@H](O)C[C@@H]1N(Cc1cc3cc(C)cc(C)c3[nH]c1=O)CC2. The normalized spacial score (nSPS) is 29.2. The minimum Gasteiger partial charge on any atom is -0.393 e. The average Bonchev–Trinajstić information content (AvgIpc) is 2.95. The summed E-state index contributed by atoms with van der Waals surface area (Å²) in [6.07, 6.45) is 3.09. The summed E-state index contributed by atoms with van der Waals surface area (Å²) in [5.41, 5.74) is 3.81. The molecule has 140 valence electrons. The van der Waals surface area contributed by atoms with Gasteiger partial charge in [-0.1, -0.05) is 11.6 Å². The topological polar surface area (TPSA) is 65.6 Å². The Balaban J connectivity index is 1.67. The first-order valence-electron chi connectivity index (χ1n) is 9.52. The number of H-pyrrole nitrogens is 1. The van der Waals surface area contributed by atoms with Gasteiger partial charge in [-0.05, 0) is 62.6 Å². The van der Waals surface area contributed by atoms with E-state index in [4.69, 9.17) is 4.74 Å². The molecule has 1 saturated carbocycles. The van der Waals surface area contributed by atoms with Crippen molar-refractivity contribution < 1.29 is 9.84 Å². The summed E-state index contributed by atoms with van der Waals surface area (Å²) in [4.78, 5) is 18.1. The predicted octanol–water partition coefficient (Wildman–Crippen LogP) is 2.65. The molecule has 1 aliphatic heterocycles. The van der Waals surface area contributed by atoms with E-state index in [1.54, 1.807) is 7.11 Å². The van der Waals surface area contributed by atoms with Crippen LogP contribution in [0, 0.1) is 13.8 Å². The summed E-state index contributed by atoms with van der Waals surface area (Å²) in [5, 5.41) is 11.2. The maximum Gasteiger partial charge on any atom is 0.252 e. The highest BCUT2D eigenvalue weighted by Crippen LogP contribution is 2.42. The largest absolute Gasteiger partial charge is 0.393 e. The van der Waals surface area contributed by atoms with Crippen LogP contribution in [0.1, 0.15) is 42.4 Å². The quantitative estimate of drug-likeness (QED) is 0.887. The molecule has 2 aromatic rings. The Morgan fingerprint density at radius 3 is 2.88 bits per heavy atom. The number of ether oxygens (including phenoxy) is 1. The fraction of sp³-hybridized carbons (Fsp3) is 0.571. The highest BCUT2D eigenvalue weighted by Gasteiger charge is 2.50. The Morgan fingerprint density at radius 1 is 1.31 bits per heavy atom. The first-order chi connectivity index (χ1) is 12.4. The molecule has 5 nitrogen and oxygen atoms in total. The van der Waals surface area contributed by atoms with Gasteiger partial charge in [0.25, 0.3) is 5.56 Å². The van der Waals surface area contributed by atoms with Crippen LogP contribution < -0.4 is 5.56 Å². The van der Waals surface area contributed by atoms with Gasteiger partial charge in [-0.2, -0.15) is 0 Å². The molecular weight excluding hydrogens is 328 g/mol. The summed E-state index contributed by atoms with van der Waals surface area (Å²) < 4.78 is 5.91. The van der Waals surface area contributed by atoms with Crippen molar-refractivity contribution in [2.24, 2.45) is 0 Å². The van der Waals surface area contributed by atoms with Gasteiger partial charge in [0.05, 0.1) is 17.2 Å². The third kappa shape index (κ3) is 2.88. The Kier molecular flexibility index (Phi) is 4.41. The van der Waals surface area contributed by atoms with Gasteiger partial charge < -0.3 is 14.8 Å². The van der Waals surface area contributed by atoms with Gasteiger partial charge in [-0.15, -0.1) is 0 Å². The number of aliphatic hydroxyl groups excluding tert-OH is 1. The molecule has 5 heteroatoms. The molecule has 26 heavy (non-hydrogen) atoms. The van der Waals surface area contributed by atoms with E-state index in [9.17, 15) is 9.90 Å². The minimum atomic E-state index is -0.274. The Hall–Kier alpha value is -1.69. The number of aromatic amines is 1. The van der Waals surface area contributed by atoms with Gasteiger partial charge in [0.1, 0.15) is 0 Å². The smallest absolute Gasteiger partial charge is 0.252 e. The number of aryl methyl sites for hydroxylation is 2. The van der Waals surface area contributed by atoms with Crippen molar-refractivity contribution in [1.29, 1.82) is 0 Å². The first-order valence-corrected chi connectivity index (χ1v) is 9.52. The monoisotopic (exact) mass is 356 g/mol. The van der Waals surface area contributed by atoms with Gasteiger partial charge in [-0.25, -0.2) is 0 Å². The third-order valence-corrected chi connectivity index (χ3v) is 6.42. The summed E-state index contributed by atoms with van der Waals surface area (Å²) >= 11 is 0. The second-order valence-corrected chi connectivity index (χ2v) is 8.10. The van der Waals surface area contributed by atoms with Crippen LogP contribution in [0.5, 0.6) is 0 Å². The number of pyridine rings is 1. The van der Waals surface area contributed by atoms with E-state index < -0.39 is 0 Å². The van der Waals surface area contributed by atoms with E-state index in [0.29, 0.717) is 6.54 Å². The van der Waals surface area contributed by atoms with E-state index >= 15 is 0 Å². The summed E-state index contributed by atoms with van der Waals surface area (Å²) in [6, 6.07) is 6.41. The lowest BCUT2D eigenvalue weighted by atomic mass is 9.79. The molecule has 1 aromatic carbocycles. The molecule has 0 radical (unpaired) electrons. The number of hydrogen-bond acceptors (Lipinski definition) is 4. The zero-order valence-corrected chi connectivity index (χ0v) is 15.8. The molecule has 2 N–H and O–H groups in total. The molecule has 0 spiro atoms. The number of nitrogens with zero attached hydrogens (tertiary/aromatic N) is 1. The summed E-state index contributed by atoms with van der Waals surface area (Å²) in [7, 11) is 1.78. The predicted molar refractivity (Wildman–Crippen MR) is 102 cm³/mol. The molecule has 0 amide bonds. The standard InChI is InChI=1S/C21H28N2O3/c1-13-8-14(2)19-15(9-13)10-16(20(25)22-19)12-23-7-6-21(26-3)5-4-17(24)11-18(21)23/h8-10,17-18,24H,4-7,11-12H2,1-3H3,(H,22,25)/t17-,18-,21+/m0/s1. The van der Waals surface area contributed by atoms with E-state index in [0.717, 1.165) is 54.3 Å². The molecule has 0 unspecified atom stereocenters. The zero-order valence-electron chi connectivity index (χ0n) is 15.8. The van der Waals surface area contributed by atoms with Crippen molar-refractivity contribution >= 4 is 10.9 Å². The maximum absolute atomic E-state index is 12.7. The van der Waals surface area contributed by atoms with Crippen LogP contribution >= 0.6 is 0 Å². The molecule has 2 aliphatic rings. The Morgan fingerprint density at radius 2 is 2.12 bits per heavy atom. The zero-order chi connectivity index (χ0) is 18.5.